The van der Waals surface area contributed by atoms with Crippen LogP contribution < -0.4 is 10.7 Å². The first-order valence-corrected chi connectivity index (χ1v) is 9.03. The van der Waals surface area contributed by atoms with E-state index >= 15 is 0 Å². The molecule has 0 aliphatic carbocycles. The molecule has 1 aromatic heterocycles. The minimum Gasteiger partial charge on any atom is -0.456 e. The van der Waals surface area contributed by atoms with Gasteiger partial charge in [-0.05, 0) is 49.7 Å². The van der Waals surface area contributed by atoms with Crippen LogP contribution in [0.4, 0.5) is 5.69 Å². The number of anilines is 1. The highest BCUT2D eigenvalue weighted by Gasteiger charge is 2.11. The van der Waals surface area contributed by atoms with Crippen LogP contribution in [-0.4, -0.2) is 5.91 Å². The quantitative estimate of drug-likeness (QED) is 0.531. The van der Waals surface area contributed by atoms with E-state index in [1.807, 2.05) is 56.3 Å². The van der Waals surface area contributed by atoms with E-state index in [4.69, 9.17) is 4.42 Å². The third-order valence-electron chi connectivity index (χ3n) is 4.68. The Kier molecular flexibility index (Phi) is 4.53. The normalized spacial score (nSPS) is 10.8. The van der Waals surface area contributed by atoms with E-state index < -0.39 is 0 Å². The van der Waals surface area contributed by atoms with Crippen LogP contribution in [0.1, 0.15) is 21.5 Å². The summed E-state index contributed by atoms with van der Waals surface area (Å²) in [5.41, 5.74) is 4.33. The molecule has 0 atom stereocenters. The summed E-state index contributed by atoms with van der Waals surface area (Å²) in [5, 5.41) is 3.28. The molecule has 4 heteroatoms. The van der Waals surface area contributed by atoms with Crippen LogP contribution in [0.5, 0.6) is 0 Å². The Labute approximate surface area is 162 Å². The molecule has 0 saturated carbocycles. The molecule has 0 fully saturated rings. The summed E-state index contributed by atoms with van der Waals surface area (Å²) in [4.78, 5) is 25.2. The molecule has 138 valence electrons. The fourth-order valence-corrected chi connectivity index (χ4v) is 3.20. The molecule has 0 aliphatic heterocycles. The number of carbonyl (C=O) groups is 1. The molecule has 4 aromatic rings. The fraction of sp³-hybridized carbons (Fsp3) is 0.0833. The number of benzene rings is 3. The zero-order valence-corrected chi connectivity index (χ0v) is 15.7. The maximum atomic E-state index is 12.6. The maximum Gasteiger partial charge on any atom is 0.255 e. The largest absolute Gasteiger partial charge is 0.456 e. The number of fused-ring (bicyclic) bond motifs is 1. The number of nitrogens with one attached hydrogen (secondary N) is 1. The molecular weight excluding hydrogens is 350 g/mol. The average Bonchev–Trinajstić information content (AvgIpc) is 2.68. The Hall–Kier alpha value is -3.66. The van der Waals surface area contributed by atoms with Crippen molar-refractivity contribution in [1.82, 2.24) is 0 Å². The Morgan fingerprint density at radius 3 is 2.50 bits per heavy atom. The summed E-state index contributed by atoms with van der Waals surface area (Å²) in [6.45, 7) is 3.88. The monoisotopic (exact) mass is 369 g/mol. The van der Waals surface area contributed by atoms with E-state index in [1.54, 1.807) is 24.3 Å². The van der Waals surface area contributed by atoms with Crippen molar-refractivity contribution in [2.75, 3.05) is 5.32 Å². The van der Waals surface area contributed by atoms with E-state index in [-0.39, 0.29) is 11.3 Å². The fourth-order valence-electron chi connectivity index (χ4n) is 3.20. The minimum absolute atomic E-state index is 0.148. The highest BCUT2D eigenvalue weighted by Crippen LogP contribution is 2.25. The second-order valence-corrected chi connectivity index (χ2v) is 6.82. The van der Waals surface area contributed by atoms with Gasteiger partial charge in [-0.2, -0.15) is 0 Å². The Morgan fingerprint density at radius 1 is 0.893 bits per heavy atom. The van der Waals surface area contributed by atoms with Crippen molar-refractivity contribution < 1.29 is 9.21 Å². The highest BCUT2D eigenvalue weighted by atomic mass is 16.3. The molecule has 3 aromatic carbocycles. The van der Waals surface area contributed by atoms with Crippen LogP contribution >= 0.6 is 0 Å². The molecule has 0 unspecified atom stereocenters. The number of amides is 1. The van der Waals surface area contributed by atoms with Crippen molar-refractivity contribution in [2.45, 2.75) is 13.8 Å². The highest BCUT2D eigenvalue weighted by molar-refractivity contribution is 6.06. The Bertz CT molecular complexity index is 1250. The lowest BCUT2D eigenvalue weighted by molar-refractivity contribution is 0.102. The standard InChI is InChI=1S/C24H19NO3/c1-15-6-5-8-17(12-15)23-14-21(26)20-13-18(10-11-22(20)28-23)25-24(27)19-9-4-3-7-16(19)2/h3-14H,1-2H3,(H,25,27). The number of hydrogen-bond acceptors (Lipinski definition) is 3. The van der Waals surface area contributed by atoms with Crippen LogP contribution in [0.3, 0.4) is 0 Å². The summed E-state index contributed by atoms with van der Waals surface area (Å²) in [6.07, 6.45) is 0. The van der Waals surface area contributed by atoms with Crippen molar-refractivity contribution >= 4 is 22.6 Å². The van der Waals surface area contributed by atoms with Gasteiger partial charge in [-0.25, -0.2) is 0 Å². The van der Waals surface area contributed by atoms with E-state index in [1.165, 1.54) is 6.07 Å². The Morgan fingerprint density at radius 2 is 1.71 bits per heavy atom. The van der Waals surface area contributed by atoms with Gasteiger partial charge in [-0.1, -0.05) is 42.0 Å². The third-order valence-corrected chi connectivity index (χ3v) is 4.68. The van der Waals surface area contributed by atoms with Gasteiger partial charge in [0, 0.05) is 22.9 Å². The minimum atomic E-state index is -0.210. The van der Waals surface area contributed by atoms with Gasteiger partial charge >= 0.3 is 0 Å². The predicted octanol–water partition coefficient (Wildman–Crippen LogP) is 5.33. The molecule has 1 amide bonds. The third kappa shape index (κ3) is 3.45. The number of rotatable bonds is 3. The summed E-state index contributed by atoms with van der Waals surface area (Å²) in [7, 11) is 0. The van der Waals surface area contributed by atoms with E-state index in [0.29, 0.717) is 28.0 Å². The zero-order chi connectivity index (χ0) is 19.7. The molecule has 4 nitrogen and oxygen atoms in total. The summed E-state index contributed by atoms with van der Waals surface area (Å²) >= 11 is 0. The zero-order valence-electron chi connectivity index (χ0n) is 15.7. The lowest BCUT2D eigenvalue weighted by atomic mass is 10.1. The molecule has 28 heavy (non-hydrogen) atoms. The first-order chi connectivity index (χ1) is 13.5. The molecule has 0 bridgehead atoms. The summed E-state index contributed by atoms with van der Waals surface area (Å²) in [5.74, 6) is 0.316. The molecular formula is C24H19NO3. The first kappa shape index (κ1) is 17.7. The van der Waals surface area contributed by atoms with Gasteiger partial charge in [-0.3, -0.25) is 9.59 Å². The smallest absolute Gasteiger partial charge is 0.255 e. The lowest BCUT2D eigenvalue weighted by Gasteiger charge is -2.09. The molecule has 1 heterocycles. The second kappa shape index (κ2) is 7.16. The lowest BCUT2D eigenvalue weighted by Crippen LogP contribution is -2.13. The number of aryl methyl sites for hydroxylation is 2. The molecule has 4 rings (SSSR count). The van der Waals surface area contributed by atoms with Crippen molar-refractivity contribution in [2.24, 2.45) is 0 Å². The van der Waals surface area contributed by atoms with Gasteiger partial charge < -0.3 is 9.73 Å². The van der Waals surface area contributed by atoms with Crippen LogP contribution in [-0.2, 0) is 0 Å². The molecule has 0 spiro atoms. The maximum absolute atomic E-state index is 12.6. The van der Waals surface area contributed by atoms with Crippen molar-refractivity contribution in [3.63, 3.8) is 0 Å². The second-order valence-electron chi connectivity index (χ2n) is 6.82. The molecule has 1 N–H and O–H groups in total. The predicted molar refractivity (Wildman–Crippen MR) is 112 cm³/mol. The molecule has 0 radical (unpaired) electrons. The van der Waals surface area contributed by atoms with Crippen LogP contribution in [0.25, 0.3) is 22.3 Å². The van der Waals surface area contributed by atoms with Gasteiger partial charge in [0.2, 0.25) is 0 Å². The van der Waals surface area contributed by atoms with Crippen molar-refractivity contribution in [3.8, 4) is 11.3 Å². The van der Waals surface area contributed by atoms with Gasteiger partial charge in [-0.15, -0.1) is 0 Å². The number of hydrogen-bond donors (Lipinski definition) is 1. The van der Waals surface area contributed by atoms with Crippen LogP contribution in [0.15, 0.2) is 82.0 Å². The number of carbonyl (C=O) groups excluding carboxylic acids is 1. The van der Waals surface area contributed by atoms with Crippen LogP contribution in [0, 0.1) is 13.8 Å². The first-order valence-electron chi connectivity index (χ1n) is 9.03. The van der Waals surface area contributed by atoms with Crippen LogP contribution in [0.2, 0.25) is 0 Å². The van der Waals surface area contributed by atoms with Gasteiger partial charge in [0.05, 0.1) is 5.39 Å². The van der Waals surface area contributed by atoms with Gasteiger partial charge in [0.1, 0.15) is 11.3 Å². The van der Waals surface area contributed by atoms with Crippen molar-refractivity contribution in [3.05, 3.63) is 99.7 Å². The van der Waals surface area contributed by atoms with Gasteiger partial charge in [0.25, 0.3) is 5.91 Å². The van der Waals surface area contributed by atoms with E-state index in [9.17, 15) is 9.59 Å². The van der Waals surface area contributed by atoms with E-state index in [0.717, 1.165) is 16.7 Å². The van der Waals surface area contributed by atoms with E-state index in [2.05, 4.69) is 5.32 Å². The molecule has 0 saturated heterocycles. The Balaban J connectivity index is 1.69. The summed E-state index contributed by atoms with van der Waals surface area (Å²) < 4.78 is 5.93. The summed E-state index contributed by atoms with van der Waals surface area (Å²) in [6, 6.07) is 21.8. The SMILES string of the molecule is Cc1cccc(-c2cc(=O)c3cc(NC(=O)c4ccccc4C)ccc3o2)c1. The topological polar surface area (TPSA) is 59.3 Å². The average molecular weight is 369 g/mol. The molecule has 0 aliphatic rings. The van der Waals surface area contributed by atoms with Gasteiger partial charge in [0.15, 0.2) is 5.43 Å². The van der Waals surface area contributed by atoms with Crippen molar-refractivity contribution in [1.29, 1.82) is 0 Å².